The first-order chi connectivity index (χ1) is 8.08. The normalized spacial score (nSPS) is 10.3. The van der Waals surface area contributed by atoms with Crippen molar-refractivity contribution in [2.45, 2.75) is 6.92 Å². The van der Waals surface area contributed by atoms with Crippen molar-refractivity contribution < 1.29 is 0 Å². The van der Waals surface area contributed by atoms with Gasteiger partial charge in [-0.25, -0.2) is 0 Å². The van der Waals surface area contributed by atoms with Crippen LogP contribution in [0, 0.1) is 6.92 Å². The molecule has 2 nitrogen and oxygen atoms in total. The second-order valence-electron chi connectivity index (χ2n) is 3.79. The molecule has 17 heavy (non-hydrogen) atoms. The van der Waals surface area contributed by atoms with Crippen LogP contribution in [0.3, 0.4) is 0 Å². The Morgan fingerprint density at radius 3 is 2.71 bits per heavy atom. The summed E-state index contributed by atoms with van der Waals surface area (Å²) in [5.41, 5.74) is 9.45. The van der Waals surface area contributed by atoms with Crippen molar-refractivity contribution in [3.63, 3.8) is 0 Å². The molecular formula is C13H12BrClN2. The highest BCUT2D eigenvalue weighted by molar-refractivity contribution is 9.10. The first kappa shape index (κ1) is 12.3. The van der Waals surface area contributed by atoms with E-state index in [4.69, 9.17) is 17.3 Å². The first-order valence-electron chi connectivity index (χ1n) is 5.15. The maximum atomic E-state index is 5.98. The van der Waals surface area contributed by atoms with Crippen molar-refractivity contribution in [3.05, 3.63) is 51.5 Å². The van der Waals surface area contributed by atoms with Gasteiger partial charge in [-0.05, 0) is 36.8 Å². The van der Waals surface area contributed by atoms with E-state index in [9.17, 15) is 0 Å². The number of rotatable bonds is 2. The second-order valence-corrected chi connectivity index (χ2v) is 5.11. The van der Waals surface area contributed by atoms with E-state index in [-0.39, 0.29) is 0 Å². The van der Waals surface area contributed by atoms with Crippen LogP contribution in [0.2, 0.25) is 5.02 Å². The zero-order valence-corrected chi connectivity index (χ0v) is 11.6. The average Bonchev–Trinajstić information content (AvgIpc) is 2.30. The summed E-state index contributed by atoms with van der Waals surface area (Å²) in [7, 11) is 0. The summed E-state index contributed by atoms with van der Waals surface area (Å²) in [4.78, 5) is 0. The predicted molar refractivity (Wildman–Crippen MR) is 78.0 cm³/mol. The van der Waals surface area contributed by atoms with Crippen molar-refractivity contribution in [3.8, 4) is 0 Å². The minimum Gasteiger partial charge on any atom is -0.396 e. The van der Waals surface area contributed by atoms with Crippen LogP contribution in [0.25, 0.3) is 0 Å². The monoisotopic (exact) mass is 310 g/mol. The molecule has 0 aliphatic carbocycles. The molecule has 0 heterocycles. The van der Waals surface area contributed by atoms with Crippen LogP contribution in [0.15, 0.2) is 40.9 Å². The fourth-order valence-corrected chi connectivity index (χ4v) is 2.06. The number of anilines is 3. The predicted octanol–water partition coefficient (Wildman–Crippen LogP) is 4.74. The van der Waals surface area contributed by atoms with Gasteiger partial charge < -0.3 is 11.1 Å². The van der Waals surface area contributed by atoms with Gasteiger partial charge in [-0.1, -0.05) is 39.7 Å². The van der Waals surface area contributed by atoms with Crippen LogP contribution in [-0.2, 0) is 0 Å². The van der Waals surface area contributed by atoms with Crippen molar-refractivity contribution in [1.82, 2.24) is 0 Å². The fraction of sp³-hybridized carbons (Fsp3) is 0.0769. The van der Waals surface area contributed by atoms with E-state index in [1.54, 1.807) is 6.07 Å². The Bertz CT molecular complexity index is 555. The average molecular weight is 312 g/mol. The molecule has 0 unspecified atom stereocenters. The number of hydrogen-bond acceptors (Lipinski definition) is 2. The zero-order chi connectivity index (χ0) is 12.4. The summed E-state index contributed by atoms with van der Waals surface area (Å²) < 4.78 is 1.02. The third-order valence-electron chi connectivity index (χ3n) is 2.52. The van der Waals surface area contributed by atoms with Crippen LogP contribution in [-0.4, -0.2) is 0 Å². The molecule has 0 atom stereocenters. The van der Waals surface area contributed by atoms with E-state index < -0.39 is 0 Å². The number of aryl methyl sites for hydroxylation is 1. The van der Waals surface area contributed by atoms with Crippen LogP contribution in [0.4, 0.5) is 17.1 Å². The summed E-state index contributed by atoms with van der Waals surface area (Å²) in [6.07, 6.45) is 0. The molecule has 0 radical (unpaired) electrons. The van der Waals surface area contributed by atoms with Gasteiger partial charge in [-0.15, -0.1) is 0 Å². The van der Waals surface area contributed by atoms with Crippen molar-refractivity contribution >= 4 is 44.6 Å². The molecule has 0 aromatic heterocycles. The lowest BCUT2D eigenvalue weighted by atomic mass is 10.2. The van der Waals surface area contributed by atoms with Gasteiger partial charge in [0, 0.05) is 10.2 Å². The molecule has 4 heteroatoms. The first-order valence-corrected chi connectivity index (χ1v) is 6.32. The highest BCUT2D eigenvalue weighted by Gasteiger charge is 2.05. The van der Waals surface area contributed by atoms with Gasteiger partial charge in [0.1, 0.15) is 0 Å². The quantitative estimate of drug-likeness (QED) is 0.786. The Morgan fingerprint density at radius 1 is 1.18 bits per heavy atom. The number of halogens is 2. The lowest BCUT2D eigenvalue weighted by Crippen LogP contribution is -1.98. The van der Waals surface area contributed by atoms with Crippen molar-refractivity contribution in [2.75, 3.05) is 11.1 Å². The highest BCUT2D eigenvalue weighted by atomic mass is 79.9. The molecule has 2 rings (SSSR count). The molecule has 88 valence electrons. The summed E-state index contributed by atoms with van der Waals surface area (Å²) in [6, 6.07) is 11.6. The lowest BCUT2D eigenvalue weighted by Gasteiger charge is -2.12. The molecule has 0 fully saturated rings. The molecule has 0 amide bonds. The number of nitrogens with one attached hydrogen (secondary N) is 1. The number of para-hydroxylation sites is 1. The Hall–Kier alpha value is -1.19. The molecule has 0 aliphatic heterocycles. The number of hydrogen-bond donors (Lipinski definition) is 2. The van der Waals surface area contributed by atoms with Gasteiger partial charge in [-0.2, -0.15) is 0 Å². The Balaban J connectivity index is 2.38. The number of nitrogens with two attached hydrogens (primary N) is 1. The minimum absolute atomic E-state index is 0.558. The Labute approximate surface area is 114 Å². The Kier molecular flexibility index (Phi) is 3.60. The maximum absolute atomic E-state index is 5.98. The molecule has 0 bridgehead atoms. The third kappa shape index (κ3) is 2.73. The van der Waals surface area contributed by atoms with Gasteiger partial charge in [-0.3, -0.25) is 0 Å². The minimum atomic E-state index is 0.558. The topological polar surface area (TPSA) is 38.0 Å². The van der Waals surface area contributed by atoms with Crippen LogP contribution < -0.4 is 11.1 Å². The van der Waals surface area contributed by atoms with Crippen LogP contribution in [0.5, 0.6) is 0 Å². The van der Waals surface area contributed by atoms with Crippen molar-refractivity contribution in [2.24, 2.45) is 0 Å². The van der Waals surface area contributed by atoms with Gasteiger partial charge in [0.15, 0.2) is 0 Å². The van der Waals surface area contributed by atoms with Crippen LogP contribution in [0.1, 0.15) is 5.56 Å². The van der Waals surface area contributed by atoms with E-state index in [0.29, 0.717) is 10.7 Å². The number of benzene rings is 2. The molecule has 0 spiro atoms. The molecule has 2 aromatic rings. The Morgan fingerprint density at radius 2 is 1.94 bits per heavy atom. The largest absolute Gasteiger partial charge is 0.396 e. The van der Waals surface area contributed by atoms with Gasteiger partial charge in [0.25, 0.3) is 0 Å². The summed E-state index contributed by atoms with van der Waals surface area (Å²) >= 11 is 9.42. The van der Waals surface area contributed by atoms with Crippen LogP contribution >= 0.6 is 27.5 Å². The second kappa shape index (κ2) is 4.98. The summed E-state index contributed by atoms with van der Waals surface area (Å²) in [5, 5.41) is 3.84. The number of nitrogen functional groups attached to an aromatic ring is 1. The van der Waals surface area contributed by atoms with E-state index in [1.807, 2.05) is 37.3 Å². The highest BCUT2D eigenvalue weighted by Crippen LogP contribution is 2.31. The van der Waals surface area contributed by atoms with Gasteiger partial charge >= 0.3 is 0 Å². The van der Waals surface area contributed by atoms with E-state index in [1.165, 1.54) is 0 Å². The standard InChI is InChI=1S/C13H12BrClN2/c1-8-5-6-9(14)7-12(8)17-11-4-2-3-10(15)13(11)16/h2-7,17H,16H2,1H3. The lowest BCUT2D eigenvalue weighted by molar-refractivity contribution is 1.42. The summed E-state index contributed by atoms with van der Waals surface area (Å²) in [6.45, 7) is 2.04. The summed E-state index contributed by atoms with van der Waals surface area (Å²) in [5.74, 6) is 0. The van der Waals surface area contributed by atoms with Gasteiger partial charge in [0.2, 0.25) is 0 Å². The van der Waals surface area contributed by atoms with E-state index in [2.05, 4.69) is 21.2 Å². The zero-order valence-electron chi connectivity index (χ0n) is 9.30. The molecule has 0 aliphatic rings. The molecule has 3 N–H and O–H groups in total. The van der Waals surface area contributed by atoms with E-state index >= 15 is 0 Å². The smallest absolute Gasteiger partial charge is 0.0742 e. The fourth-order valence-electron chi connectivity index (χ4n) is 1.52. The maximum Gasteiger partial charge on any atom is 0.0742 e. The third-order valence-corrected chi connectivity index (χ3v) is 3.34. The molecule has 0 saturated heterocycles. The van der Waals surface area contributed by atoms with Gasteiger partial charge in [0.05, 0.1) is 16.4 Å². The molecule has 2 aromatic carbocycles. The molecular weight excluding hydrogens is 300 g/mol. The SMILES string of the molecule is Cc1ccc(Br)cc1Nc1cccc(Cl)c1N. The van der Waals surface area contributed by atoms with E-state index in [0.717, 1.165) is 21.4 Å². The van der Waals surface area contributed by atoms with Crippen molar-refractivity contribution in [1.29, 1.82) is 0 Å². The molecule has 0 saturated carbocycles.